The second-order valence-electron chi connectivity index (χ2n) is 12.2. The van der Waals surface area contributed by atoms with Crippen LogP contribution in [0.1, 0.15) is 51.0 Å². The van der Waals surface area contributed by atoms with Gasteiger partial charge in [-0.15, -0.1) is 11.8 Å². The van der Waals surface area contributed by atoms with Crippen LogP contribution in [-0.4, -0.2) is 63.6 Å². The molecule has 3 aromatic carbocycles. The Morgan fingerprint density at radius 1 is 0.854 bits per heavy atom. The number of halogens is 2. The standard InChI is InChI=1S/C35H39F2N3O7S/c1-19(2)29(33(43)39-30(20(3)4)35(45)46)38-28(42)17-47-26-15-7-22(8-16-26)31-32(34(44)40(31)25-13-11-24(37)12-14-25)48-18-27(41)21-5-9-23(36)10-6-21/h5-16,19-20,27,29-32,41H,17-18H2,1-4H3,(H,38,42)(H,39,43)(H,45,46)/t27?,29-,30+,31-,32-/m1/s1. The van der Waals surface area contributed by atoms with Crippen molar-refractivity contribution in [2.45, 2.75) is 57.2 Å². The zero-order valence-corrected chi connectivity index (χ0v) is 27.7. The van der Waals surface area contributed by atoms with E-state index in [4.69, 9.17) is 4.74 Å². The second-order valence-corrected chi connectivity index (χ2v) is 13.3. The summed E-state index contributed by atoms with van der Waals surface area (Å²) >= 11 is 1.26. The molecule has 256 valence electrons. The number of nitrogens with zero attached hydrogens (tertiary/aromatic N) is 1. The van der Waals surface area contributed by atoms with Crippen LogP contribution in [-0.2, 0) is 19.2 Å². The fourth-order valence-electron chi connectivity index (χ4n) is 5.23. The van der Waals surface area contributed by atoms with Crippen molar-refractivity contribution in [1.82, 2.24) is 10.6 Å². The molecule has 0 bridgehead atoms. The topological polar surface area (TPSA) is 145 Å². The fraction of sp³-hybridized carbons (Fsp3) is 0.371. The Labute approximate surface area is 281 Å². The summed E-state index contributed by atoms with van der Waals surface area (Å²) in [6.45, 7) is 6.38. The molecule has 0 saturated carbocycles. The zero-order chi connectivity index (χ0) is 35.1. The number of carboxylic acid groups (broad SMARTS) is 1. The van der Waals surface area contributed by atoms with Gasteiger partial charge in [0.15, 0.2) is 6.61 Å². The summed E-state index contributed by atoms with van der Waals surface area (Å²) in [6.07, 6.45) is -0.930. The van der Waals surface area contributed by atoms with E-state index in [2.05, 4.69) is 10.6 Å². The Morgan fingerprint density at radius 3 is 1.96 bits per heavy atom. The first-order chi connectivity index (χ1) is 22.8. The van der Waals surface area contributed by atoms with E-state index in [1.165, 1.54) is 60.3 Å². The summed E-state index contributed by atoms with van der Waals surface area (Å²) in [6, 6.07) is 15.3. The molecule has 1 heterocycles. The van der Waals surface area contributed by atoms with Crippen molar-refractivity contribution < 1.29 is 42.9 Å². The molecule has 4 rings (SSSR count). The highest BCUT2D eigenvalue weighted by molar-refractivity contribution is 8.00. The van der Waals surface area contributed by atoms with Gasteiger partial charge in [0.1, 0.15) is 34.7 Å². The number of benzene rings is 3. The lowest BCUT2D eigenvalue weighted by molar-refractivity contribution is -0.143. The molecule has 0 radical (unpaired) electrons. The molecule has 13 heteroatoms. The molecule has 1 aliphatic heterocycles. The molecular formula is C35H39F2N3O7S. The maximum Gasteiger partial charge on any atom is 0.326 e. The molecule has 0 aliphatic carbocycles. The van der Waals surface area contributed by atoms with Crippen molar-refractivity contribution in [1.29, 1.82) is 0 Å². The maximum absolute atomic E-state index is 13.6. The normalized spacial score (nSPS) is 17.8. The first kappa shape index (κ1) is 36.3. The zero-order valence-electron chi connectivity index (χ0n) is 26.9. The summed E-state index contributed by atoms with van der Waals surface area (Å²) in [5.41, 5.74) is 1.76. The van der Waals surface area contributed by atoms with Gasteiger partial charge in [-0.2, -0.15) is 0 Å². The number of aliphatic hydroxyl groups excluding tert-OH is 1. The predicted octanol–water partition coefficient (Wildman–Crippen LogP) is 4.63. The van der Waals surface area contributed by atoms with Gasteiger partial charge in [0.05, 0.1) is 12.1 Å². The lowest BCUT2D eigenvalue weighted by Crippen LogP contribution is -2.57. The van der Waals surface area contributed by atoms with Crippen LogP contribution in [0.2, 0.25) is 0 Å². The van der Waals surface area contributed by atoms with Gasteiger partial charge in [-0.05, 0) is 71.5 Å². The number of anilines is 1. The summed E-state index contributed by atoms with van der Waals surface area (Å²) in [4.78, 5) is 51.9. The van der Waals surface area contributed by atoms with Gasteiger partial charge in [-0.3, -0.25) is 14.4 Å². The summed E-state index contributed by atoms with van der Waals surface area (Å²) < 4.78 is 32.6. The molecule has 0 spiro atoms. The molecule has 1 unspecified atom stereocenters. The number of hydrogen-bond acceptors (Lipinski definition) is 7. The van der Waals surface area contributed by atoms with E-state index in [0.717, 1.165) is 5.56 Å². The first-order valence-corrected chi connectivity index (χ1v) is 16.5. The summed E-state index contributed by atoms with van der Waals surface area (Å²) in [5.74, 6) is -3.59. The molecule has 10 nitrogen and oxygen atoms in total. The minimum Gasteiger partial charge on any atom is -0.484 e. The van der Waals surface area contributed by atoms with Gasteiger partial charge >= 0.3 is 5.97 Å². The number of amides is 3. The Kier molecular flexibility index (Phi) is 12.2. The molecule has 48 heavy (non-hydrogen) atoms. The third kappa shape index (κ3) is 8.90. The molecule has 1 fully saturated rings. The Hall–Kier alpha value is -4.49. The number of carbonyl (C=O) groups excluding carboxylic acids is 3. The van der Waals surface area contributed by atoms with Crippen LogP contribution < -0.4 is 20.3 Å². The molecule has 5 atom stereocenters. The number of ether oxygens (including phenoxy) is 1. The average Bonchev–Trinajstić information content (AvgIpc) is 3.04. The monoisotopic (exact) mass is 683 g/mol. The highest BCUT2D eigenvalue weighted by Gasteiger charge is 2.49. The number of aliphatic hydroxyl groups is 1. The van der Waals surface area contributed by atoms with E-state index >= 15 is 0 Å². The van der Waals surface area contributed by atoms with Gasteiger partial charge < -0.3 is 30.5 Å². The van der Waals surface area contributed by atoms with Crippen LogP contribution in [0.15, 0.2) is 72.8 Å². The van der Waals surface area contributed by atoms with E-state index in [9.17, 15) is 38.2 Å². The largest absolute Gasteiger partial charge is 0.484 e. The molecule has 3 amide bonds. The Balaban J connectivity index is 1.42. The number of nitrogens with one attached hydrogen (secondary N) is 2. The van der Waals surface area contributed by atoms with Gasteiger partial charge in [0.2, 0.25) is 11.8 Å². The molecule has 3 aromatic rings. The molecule has 1 aliphatic rings. The Bertz CT molecular complexity index is 1590. The minimum atomic E-state index is -1.17. The molecule has 4 N–H and O–H groups in total. The highest BCUT2D eigenvalue weighted by Crippen LogP contribution is 2.46. The van der Waals surface area contributed by atoms with Gasteiger partial charge in [-0.25, -0.2) is 13.6 Å². The van der Waals surface area contributed by atoms with Gasteiger partial charge in [-0.1, -0.05) is 52.0 Å². The number of β-lactam (4-membered cyclic amide) rings is 1. The quantitative estimate of drug-likeness (QED) is 0.170. The van der Waals surface area contributed by atoms with Crippen molar-refractivity contribution in [3.05, 3.63) is 95.6 Å². The lowest BCUT2D eigenvalue weighted by atomic mass is 9.92. The van der Waals surface area contributed by atoms with E-state index in [1.807, 2.05) is 0 Å². The summed E-state index contributed by atoms with van der Waals surface area (Å²) in [7, 11) is 0. The third-order valence-corrected chi connectivity index (χ3v) is 9.25. The lowest BCUT2D eigenvalue weighted by Gasteiger charge is -2.47. The van der Waals surface area contributed by atoms with E-state index in [-0.39, 0.29) is 23.5 Å². The maximum atomic E-state index is 13.6. The van der Waals surface area contributed by atoms with E-state index in [0.29, 0.717) is 17.0 Å². The highest BCUT2D eigenvalue weighted by atomic mass is 32.2. The van der Waals surface area contributed by atoms with Crippen LogP contribution >= 0.6 is 11.8 Å². The third-order valence-electron chi connectivity index (χ3n) is 7.93. The van der Waals surface area contributed by atoms with Crippen molar-refractivity contribution in [2.24, 2.45) is 11.8 Å². The second kappa shape index (κ2) is 16.1. The number of carbonyl (C=O) groups is 4. The Morgan fingerprint density at radius 2 is 1.42 bits per heavy atom. The number of thioether (sulfide) groups is 1. The smallest absolute Gasteiger partial charge is 0.326 e. The van der Waals surface area contributed by atoms with Crippen molar-refractivity contribution >= 4 is 41.1 Å². The van der Waals surface area contributed by atoms with Crippen molar-refractivity contribution in [2.75, 3.05) is 17.3 Å². The van der Waals surface area contributed by atoms with Crippen LogP contribution in [0, 0.1) is 23.5 Å². The van der Waals surface area contributed by atoms with E-state index in [1.54, 1.807) is 56.9 Å². The number of hydrogen-bond donors (Lipinski definition) is 4. The number of rotatable bonds is 15. The number of carboxylic acids is 1. The van der Waals surface area contributed by atoms with Crippen LogP contribution in [0.4, 0.5) is 14.5 Å². The summed E-state index contributed by atoms with van der Waals surface area (Å²) in [5, 5.41) is 24.6. The predicted molar refractivity (Wildman–Crippen MR) is 177 cm³/mol. The molecule has 1 saturated heterocycles. The van der Waals surface area contributed by atoms with Gasteiger partial charge in [0, 0.05) is 11.4 Å². The molecular weight excluding hydrogens is 644 g/mol. The van der Waals surface area contributed by atoms with Gasteiger partial charge in [0.25, 0.3) is 5.91 Å². The molecule has 0 aromatic heterocycles. The first-order valence-electron chi connectivity index (χ1n) is 15.5. The SMILES string of the molecule is CC(C)[C@H](NC(=O)[C@H](NC(=O)COc1ccc([C@@H]2[C@@H](SCC(O)c3ccc(F)cc3)C(=O)N2c2ccc(F)cc2)cc1)C(C)C)C(=O)O. The number of aliphatic carboxylic acids is 1. The van der Waals surface area contributed by atoms with Crippen LogP contribution in [0.25, 0.3) is 0 Å². The average molecular weight is 684 g/mol. The van der Waals surface area contributed by atoms with E-state index < -0.39 is 65.5 Å². The van der Waals surface area contributed by atoms with Crippen molar-refractivity contribution in [3.63, 3.8) is 0 Å². The van der Waals surface area contributed by atoms with Crippen LogP contribution in [0.3, 0.4) is 0 Å². The fourth-order valence-corrected chi connectivity index (χ4v) is 6.53. The van der Waals surface area contributed by atoms with Crippen LogP contribution in [0.5, 0.6) is 5.75 Å². The minimum absolute atomic E-state index is 0.177. The van der Waals surface area contributed by atoms with Crippen molar-refractivity contribution in [3.8, 4) is 5.75 Å².